The van der Waals surface area contributed by atoms with Gasteiger partial charge in [-0.1, -0.05) is 19.1 Å². The van der Waals surface area contributed by atoms with Crippen LogP contribution >= 0.6 is 0 Å². The van der Waals surface area contributed by atoms with Crippen molar-refractivity contribution in [2.45, 2.75) is 31.0 Å². The number of anilines is 2. The molecule has 180 valence electrons. The molecule has 2 fully saturated rings. The lowest BCUT2D eigenvalue weighted by atomic mass is 9.99. The number of sulfonamides is 1. The van der Waals surface area contributed by atoms with E-state index >= 15 is 0 Å². The number of piperazine rings is 1. The zero-order valence-electron chi connectivity index (χ0n) is 18.2. The van der Waals surface area contributed by atoms with Crippen molar-refractivity contribution >= 4 is 21.7 Å². The normalized spacial score (nSPS) is 19.0. The van der Waals surface area contributed by atoms with E-state index in [-0.39, 0.29) is 13.1 Å². The highest BCUT2D eigenvalue weighted by molar-refractivity contribution is 7.89. The second-order valence-electron chi connectivity index (χ2n) is 8.30. The van der Waals surface area contributed by atoms with Crippen molar-refractivity contribution < 1.29 is 26.3 Å². The van der Waals surface area contributed by atoms with E-state index in [9.17, 15) is 21.6 Å². The Morgan fingerprint density at radius 2 is 1.42 bits per heavy atom. The van der Waals surface area contributed by atoms with E-state index in [4.69, 9.17) is 0 Å². The van der Waals surface area contributed by atoms with E-state index < -0.39 is 27.0 Å². The molecule has 4 rings (SSSR count). The van der Waals surface area contributed by atoms with Crippen LogP contribution in [0, 0.1) is 5.92 Å². The van der Waals surface area contributed by atoms with Crippen LogP contribution in [0.15, 0.2) is 41.3 Å². The van der Waals surface area contributed by atoms with Crippen LogP contribution in [0.1, 0.15) is 19.8 Å². The first-order chi connectivity index (χ1) is 15.6. The smallest absolute Gasteiger partial charge is 0.404 e. The van der Waals surface area contributed by atoms with Crippen molar-refractivity contribution in [1.82, 2.24) is 14.5 Å². The molecule has 0 bridgehead atoms. The monoisotopic (exact) mass is 485 g/mol. The van der Waals surface area contributed by atoms with E-state index in [1.165, 1.54) is 16.4 Å². The van der Waals surface area contributed by atoms with Gasteiger partial charge in [0.25, 0.3) is 0 Å². The number of ether oxygens (including phenoxy) is 1. The predicted molar refractivity (Wildman–Crippen MR) is 117 cm³/mol. The van der Waals surface area contributed by atoms with E-state index in [1.54, 1.807) is 0 Å². The molecular weight excluding hydrogens is 459 g/mol. The van der Waals surface area contributed by atoms with Crippen LogP contribution in [-0.2, 0) is 10.0 Å². The van der Waals surface area contributed by atoms with Gasteiger partial charge in [-0.15, -0.1) is 23.4 Å². The molecule has 0 unspecified atom stereocenters. The Morgan fingerprint density at radius 1 is 0.879 bits per heavy atom. The molecule has 1 aromatic heterocycles. The number of halogens is 3. The van der Waals surface area contributed by atoms with E-state index in [2.05, 4.69) is 26.8 Å². The third-order valence-corrected chi connectivity index (χ3v) is 7.94. The molecule has 2 aliphatic heterocycles. The van der Waals surface area contributed by atoms with Gasteiger partial charge in [0.2, 0.25) is 10.0 Å². The van der Waals surface area contributed by atoms with E-state index in [0.29, 0.717) is 24.8 Å². The fourth-order valence-electron chi connectivity index (χ4n) is 4.06. The number of nitrogens with zero attached hydrogens (tertiary/aromatic N) is 5. The van der Waals surface area contributed by atoms with Crippen molar-refractivity contribution in [1.29, 1.82) is 0 Å². The maximum atomic E-state index is 13.0. The summed E-state index contributed by atoms with van der Waals surface area (Å²) in [6.07, 6.45) is -2.74. The molecule has 0 amide bonds. The Balaban J connectivity index is 1.41. The average Bonchev–Trinajstić information content (AvgIpc) is 2.79. The summed E-state index contributed by atoms with van der Waals surface area (Å²) in [6.45, 7) is 5.05. The number of piperidine rings is 1. The summed E-state index contributed by atoms with van der Waals surface area (Å²) in [5.41, 5.74) is 0. The number of aromatic nitrogens is 2. The number of hydrogen-bond donors (Lipinski definition) is 0. The lowest BCUT2D eigenvalue weighted by Crippen LogP contribution is -2.49. The van der Waals surface area contributed by atoms with Crippen LogP contribution in [0.4, 0.5) is 24.8 Å². The molecule has 0 atom stereocenters. The first kappa shape index (κ1) is 23.6. The standard InChI is InChI=1S/C21H26F3N5O3S/c1-16-8-10-27(11-9-16)19-6-7-20(26-25-19)28-12-14-29(15-13-28)33(30,31)18-5-3-2-4-17(18)32-21(22,23)24/h2-7,16H,8-15H2,1H3. The van der Waals surface area contributed by atoms with Gasteiger partial charge in [0.1, 0.15) is 10.6 Å². The SMILES string of the molecule is CC1CCN(c2ccc(N3CCN(S(=O)(=O)c4ccccc4OC(F)(F)F)CC3)nn2)CC1. The van der Waals surface area contributed by atoms with Gasteiger partial charge < -0.3 is 14.5 Å². The lowest BCUT2D eigenvalue weighted by Gasteiger charge is -2.35. The highest BCUT2D eigenvalue weighted by atomic mass is 32.2. The molecule has 1 aromatic carbocycles. The van der Waals surface area contributed by atoms with Crippen LogP contribution in [-0.4, -0.2) is 68.6 Å². The first-order valence-corrected chi connectivity index (χ1v) is 12.3. The second-order valence-corrected chi connectivity index (χ2v) is 10.2. The number of benzene rings is 1. The summed E-state index contributed by atoms with van der Waals surface area (Å²) in [5.74, 6) is 1.45. The van der Waals surface area contributed by atoms with Crippen molar-refractivity contribution in [2.24, 2.45) is 5.92 Å². The van der Waals surface area contributed by atoms with Crippen LogP contribution in [0.3, 0.4) is 0 Å². The summed E-state index contributed by atoms with van der Waals surface area (Å²) >= 11 is 0. The summed E-state index contributed by atoms with van der Waals surface area (Å²) in [6, 6.07) is 8.57. The number of alkyl halides is 3. The first-order valence-electron chi connectivity index (χ1n) is 10.8. The maximum absolute atomic E-state index is 13.0. The molecule has 2 aromatic rings. The number of para-hydroxylation sites is 1. The van der Waals surface area contributed by atoms with Crippen molar-refractivity contribution in [3.63, 3.8) is 0 Å². The molecule has 12 heteroatoms. The Bertz CT molecular complexity index is 1050. The van der Waals surface area contributed by atoms with Crippen LogP contribution < -0.4 is 14.5 Å². The maximum Gasteiger partial charge on any atom is 0.573 e. The lowest BCUT2D eigenvalue weighted by molar-refractivity contribution is -0.275. The number of rotatable bonds is 5. The van der Waals surface area contributed by atoms with Gasteiger partial charge in [-0.2, -0.15) is 4.31 Å². The van der Waals surface area contributed by atoms with E-state index in [0.717, 1.165) is 43.9 Å². The molecule has 2 aliphatic rings. The van der Waals surface area contributed by atoms with Gasteiger partial charge in [-0.25, -0.2) is 8.42 Å². The van der Waals surface area contributed by atoms with Crippen LogP contribution in [0.25, 0.3) is 0 Å². The Hall–Kier alpha value is -2.60. The van der Waals surface area contributed by atoms with Crippen molar-refractivity contribution in [3.05, 3.63) is 36.4 Å². The van der Waals surface area contributed by atoms with Crippen LogP contribution in [0.5, 0.6) is 5.75 Å². The molecule has 8 nitrogen and oxygen atoms in total. The second kappa shape index (κ2) is 9.34. The molecule has 33 heavy (non-hydrogen) atoms. The minimum absolute atomic E-state index is 0.107. The minimum Gasteiger partial charge on any atom is -0.404 e. The largest absolute Gasteiger partial charge is 0.573 e. The van der Waals surface area contributed by atoms with Crippen molar-refractivity contribution in [2.75, 3.05) is 49.1 Å². The molecule has 3 heterocycles. The quantitative estimate of drug-likeness (QED) is 0.644. The summed E-state index contributed by atoms with van der Waals surface area (Å²) in [4.78, 5) is 3.62. The molecule has 0 aliphatic carbocycles. The van der Waals surface area contributed by atoms with Gasteiger partial charge in [-0.05, 0) is 43.0 Å². The average molecular weight is 486 g/mol. The Kier molecular flexibility index (Phi) is 6.66. The van der Waals surface area contributed by atoms with Gasteiger partial charge in [0.05, 0.1) is 0 Å². The third kappa shape index (κ3) is 5.49. The highest BCUT2D eigenvalue weighted by Crippen LogP contribution is 2.32. The molecule has 2 saturated heterocycles. The summed E-state index contributed by atoms with van der Waals surface area (Å²) in [5, 5.41) is 8.66. The van der Waals surface area contributed by atoms with Gasteiger partial charge in [0, 0.05) is 39.3 Å². The van der Waals surface area contributed by atoms with Gasteiger partial charge in [-0.3, -0.25) is 0 Å². The summed E-state index contributed by atoms with van der Waals surface area (Å²) in [7, 11) is -4.16. The van der Waals surface area contributed by atoms with Gasteiger partial charge >= 0.3 is 6.36 Å². The van der Waals surface area contributed by atoms with Crippen LogP contribution in [0.2, 0.25) is 0 Å². The fraction of sp³-hybridized carbons (Fsp3) is 0.524. The molecule has 0 N–H and O–H groups in total. The molecule has 0 radical (unpaired) electrons. The molecule has 0 saturated carbocycles. The Morgan fingerprint density at radius 3 is 1.97 bits per heavy atom. The minimum atomic E-state index is -4.98. The fourth-order valence-corrected chi connectivity index (χ4v) is 5.60. The van der Waals surface area contributed by atoms with Crippen molar-refractivity contribution in [3.8, 4) is 5.75 Å². The molecule has 0 spiro atoms. The Labute approximate surface area is 191 Å². The van der Waals surface area contributed by atoms with E-state index in [1.807, 2.05) is 17.0 Å². The highest BCUT2D eigenvalue weighted by Gasteiger charge is 2.36. The number of hydrogen-bond acceptors (Lipinski definition) is 7. The zero-order chi connectivity index (χ0) is 23.6. The summed E-state index contributed by atoms with van der Waals surface area (Å²) < 4.78 is 69.2. The molecular formula is C21H26F3N5O3S. The topological polar surface area (TPSA) is 78.9 Å². The van der Waals surface area contributed by atoms with Gasteiger partial charge in [0.15, 0.2) is 11.6 Å². The third-order valence-electron chi connectivity index (χ3n) is 6.00. The zero-order valence-corrected chi connectivity index (χ0v) is 19.0. The predicted octanol–water partition coefficient (Wildman–Crippen LogP) is 3.12.